The minimum atomic E-state index is -0.000782. The molecule has 3 aromatic rings. The summed E-state index contributed by atoms with van der Waals surface area (Å²) in [7, 11) is 0. The van der Waals surface area contributed by atoms with Gasteiger partial charge in [-0.3, -0.25) is 0 Å². The Hall–Kier alpha value is -3.09. The normalized spacial score (nSPS) is 9.87. The third-order valence-electron chi connectivity index (χ3n) is 3.12. The van der Waals surface area contributed by atoms with Gasteiger partial charge in [0.05, 0.1) is 5.56 Å². The number of fused-ring (bicyclic) bond motifs is 1. The number of halogens is 1. The minimum absolute atomic E-state index is 0.000782. The molecule has 5 nitrogen and oxygen atoms in total. The van der Waals surface area contributed by atoms with Crippen LogP contribution in [0.1, 0.15) is 0 Å². The van der Waals surface area contributed by atoms with Crippen LogP contribution in [0.2, 0.25) is 0 Å². The lowest BCUT2D eigenvalue weighted by Crippen LogP contribution is -1.89. The molecule has 1 heterocycles. The van der Waals surface area contributed by atoms with E-state index in [1.54, 1.807) is 30.3 Å². The Kier molecular flexibility index (Phi) is 4.09. The summed E-state index contributed by atoms with van der Waals surface area (Å²) in [6, 6.07) is 16.6. The van der Waals surface area contributed by atoms with Gasteiger partial charge in [0.2, 0.25) is 5.89 Å². The summed E-state index contributed by atoms with van der Waals surface area (Å²) in [5, 5.41) is 20.3. The lowest BCUT2D eigenvalue weighted by atomic mass is 10.2. The van der Waals surface area contributed by atoms with E-state index in [1.165, 1.54) is 6.20 Å². The Morgan fingerprint density at radius 2 is 1.96 bits per heavy atom. The van der Waals surface area contributed by atoms with Gasteiger partial charge < -0.3 is 9.73 Å². The molecule has 2 aromatic carbocycles. The fraction of sp³-hybridized carbons (Fsp3) is 0. The van der Waals surface area contributed by atoms with Gasteiger partial charge in [-0.2, -0.15) is 10.5 Å². The molecule has 6 heteroatoms. The SMILES string of the molecule is N#CC(C#N)=CNc1ccc2oc(-c3ccccc3Br)nc2c1. The molecule has 0 saturated carbocycles. The number of benzene rings is 2. The van der Waals surface area contributed by atoms with Crippen LogP contribution in [0.25, 0.3) is 22.6 Å². The maximum atomic E-state index is 8.72. The van der Waals surface area contributed by atoms with Gasteiger partial charge >= 0.3 is 0 Å². The van der Waals surface area contributed by atoms with E-state index < -0.39 is 0 Å². The van der Waals surface area contributed by atoms with Crippen LogP contribution in [0.3, 0.4) is 0 Å². The largest absolute Gasteiger partial charge is 0.436 e. The number of aromatic nitrogens is 1. The summed E-state index contributed by atoms with van der Waals surface area (Å²) in [4.78, 5) is 4.48. The van der Waals surface area contributed by atoms with E-state index >= 15 is 0 Å². The van der Waals surface area contributed by atoms with Crippen molar-refractivity contribution < 1.29 is 4.42 Å². The van der Waals surface area contributed by atoms with Crippen molar-refractivity contribution in [1.82, 2.24) is 4.98 Å². The lowest BCUT2D eigenvalue weighted by molar-refractivity contribution is 0.619. The highest BCUT2D eigenvalue weighted by atomic mass is 79.9. The van der Waals surface area contributed by atoms with Crippen molar-refractivity contribution in [1.29, 1.82) is 10.5 Å². The molecule has 0 radical (unpaired) electrons. The zero-order valence-electron chi connectivity index (χ0n) is 11.7. The molecule has 3 rings (SSSR count). The van der Waals surface area contributed by atoms with Gasteiger partial charge in [0.1, 0.15) is 23.2 Å². The molecule has 0 aliphatic heterocycles. The summed E-state index contributed by atoms with van der Waals surface area (Å²) in [5.41, 5.74) is 2.93. The van der Waals surface area contributed by atoms with Gasteiger partial charge in [-0.25, -0.2) is 4.98 Å². The third kappa shape index (κ3) is 3.08. The van der Waals surface area contributed by atoms with E-state index in [-0.39, 0.29) is 5.57 Å². The minimum Gasteiger partial charge on any atom is -0.436 e. The first-order chi connectivity index (χ1) is 11.2. The van der Waals surface area contributed by atoms with Gasteiger partial charge in [0.25, 0.3) is 0 Å². The Morgan fingerprint density at radius 3 is 2.70 bits per heavy atom. The molecule has 0 amide bonds. The van der Waals surface area contributed by atoms with Gasteiger partial charge in [-0.1, -0.05) is 12.1 Å². The van der Waals surface area contributed by atoms with Crippen molar-refractivity contribution in [3.63, 3.8) is 0 Å². The maximum absolute atomic E-state index is 8.72. The van der Waals surface area contributed by atoms with Crippen molar-refractivity contribution >= 4 is 32.7 Å². The highest BCUT2D eigenvalue weighted by Gasteiger charge is 2.11. The Labute approximate surface area is 140 Å². The second-order valence-corrected chi connectivity index (χ2v) is 5.46. The van der Waals surface area contributed by atoms with E-state index in [0.717, 1.165) is 10.0 Å². The Bertz CT molecular complexity index is 976. The van der Waals surface area contributed by atoms with E-state index in [4.69, 9.17) is 14.9 Å². The Balaban J connectivity index is 1.96. The van der Waals surface area contributed by atoms with Crippen LogP contribution in [-0.2, 0) is 0 Å². The topological polar surface area (TPSA) is 85.6 Å². The third-order valence-corrected chi connectivity index (χ3v) is 3.81. The van der Waals surface area contributed by atoms with Crippen LogP contribution in [-0.4, -0.2) is 4.98 Å². The van der Waals surface area contributed by atoms with Crippen molar-refractivity contribution in [2.45, 2.75) is 0 Å². The zero-order valence-corrected chi connectivity index (χ0v) is 13.3. The van der Waals surface area contributed by atoms with E-state index in [2.05, 4.69) is 26.2 Å². The first-order valence-electron chi connectivity index (χ1n) is 6.63. The molecular weight excluding hydrogens is 356 g/mol. The van der Waals surface area contributed by atoms with Crippen LogP contribution in [0.4, 0.5) is 5.69 Å². The molecular formula is C17H9BrN4O. The molecule has 1 aromatic heterocycles. The first-order valence-corrected chi connectivity index (χ1v) is 7.43. The van der Waals surface area contributed by atoms with Crippen LogP contribution in [0.5, 0.6) is 0 Å². The molecule has 0 unspecified atom stereocenters. The van der Waals surface area contributed by atoms with Crippen molar-refractivity contribution in [2.24, 2.45) is 0 Å². The first kappa shape index (κ1) is 14.8. The summed E-state index contributed by atoms with van der Waals surface area (Å²) in [5.74, 6) is 0.523. The number of hydrogen-bond acceptors (Lipinski definition) is 5. The quantitative estimate of drug-likeness (QED) is 0.686. The molecule has 1 N–H and O–H groups in total. The van der Waals surface area contributed by atoms with Crippen LogP contribution < -0.4 is 5.32 Å². The number of hydrogen-bond donors (Lipinski definition) is 1. The number of anilines is 1. The molecule has 0 fully saturated rings. The highest BCUT2D eigenvalue weighted by Crippen LogP contribution is 2.30. The van der Waals surface area contributed by atoms with Crippen LogP contribution in [0.15, 0.2) is 63.1 Å². The second-order valence-electron chi connectivity index (χ2n) is 4.61. The molecule has 0 bridgehead atoms. The monoisotopic (exact) mass is 364 g/mol. The average Bonchev–Trinajstić information content (AvgIpc) is 2.99. The predicted octanol–water partition coefficient (Wildman–Crippen LogP) is 4.60. The molecule has 110 valence electrons. The number of oxazole rings is 1. The van der Waals surface area contributed by atoms with Crippen LogP contribution >= 0.6 is 15.9 Å². The number of nitrogens with zero attached hydrogens (tertiary/aromatic N) is 3. The molecule has 0 aliphatic carbocycles. The van der Waals surface area contributed by atoms with Gasteiger partial charge in [0, 0.05) is 16.4 Å². The van der Waals surface area contributed by atoms with Gasteiger partial charge in [-0.15, -0.1) is 0 Å². The number of rotatable bonds is 3. The summed E-state index contributed by atoms with van der Waals surface area (Å²) in [6.45, 7) is 0. The summed E-state index contributed by atoms with van der Waals surface area (Å²) in [6.07, 6.45) is 1.36. The van der Waals surface area contributed by atoms with E-state index in [1.807, 2.05) is 24.3 Å². The smallest absolute Gasteiger partial charge is 0.228 e. The van der Waals surface area contributed by atoms with Crippen molar-refractivity contribution in [3.05, 3.63) is 58.7 Å². The fourth-order valence-electron chi connectivity index (χ4n) is 2.01. The summed E-state index contributed by atoms with van der Waals surface area (Å²) >= 11 is 3.48. The van der Waals surface area contributed by atoms with E-state index in [9.17, 15) is 0 Å². The van der Waals surface area contributed by atoms with Crippen LogP contribution in [0, 0.1) is 22.7 Å². The standard InChI is InChI=1S/C17H9BrN4O/c18-14-4-2-1-3-13(14)17-22-15-7-12(5-6-16(15)23-17)21-10-11(8-19)9-20/h1-7,10,21H. The second kappa shape index (κ2) is 6.35. The van der Waals surface area contributed by atoms with Crippen molar-refractivity contribution in [2.75, 3.05) is 5.32 Å². The Morgan fingerprint density at radius 1 is 1.17 bits per heavy atom. The highest BCUT2D eigenvalue weighted by molar-refractivity contribution is 9.10. The predicted molar refractivity (Wildman–Crippen MR) is 90.1 cm³/mol. The lowest BCUT2D eigenvalue weighted by Gasteiger charge is -1.98. The maximum Gasteiger partial charge on any atom is 0.228 e. The average molecular weight is 365 g/mol. The molecule has 23 heavy (non-hydrogen) atoms. The molecule has 0 aliphatic rings. The molecule has 0 saturated heterocycles. The van der Waals surface area contributed by atoms with Gasteiger partial charge in [0.15, 0.2) is 5.58 Å². The molecule has 0 spiro atoms. The van der Waals surface area contributed by atoms with Crippen molar-refractivity contribution in [3.8, 4) is 23.6 Å². The number of allylic oxidation sites excluding steroid dienone is 1. The zero-order chi connectivity index (χ0) is 16.2. The number of nitriles is 2. The van der Waals surface area contributed by atoms with E-state index in [0.29, 0.717) is 22.7 Å². The van der Waals surface area contributed by atoms with Gasteiger partial charge in [-0.05, 0) is 46.3 Å². The summed E-state index contributed by atoms with van der Waals surface area (Å²) < 4.78 is 6.67. The number of nitrogens with one attached hydrogen (secondary N) is 1. The molecule has 0 atom stereocenters. The fourth-order valence-corrected chi connectivity index (χ4v) is 2.47.